The highest BCUT2D eigenvalue weighted by atomic mass is 16.5. The number of carbonyl (C=O) groups excluding carboxylic acids is 1. The third-order valence-electron chi connectivity index (χ3n) is 4.84. The van der Waals surface area contributed by atoms with Gasteiger partial charge in [0.15, 0.2) is 6.10 Å². The van der Waals surface area contributed by atoms with Crippen molar-refractivity contribution in [2.45, 2.75) is 19.4 Å². The fourth-order valence-corrected chi connectivity index (χ4v) is 3.18. The van der Waals surface area contributed by atoms with Gasteiger partial charge in [-0.2, -0.15) is 0 Å². The molecule has 1 heterocycles. The second kappa shape index (κ2) is 9.18. The molecule has 150 valence electrons. The predicted molar refractivity (Wildman–Crippen MR) is 118 cm³/mol. The lowest BCUT2D eigenvalue weighted by Gasteiger charge is -2.15. The smallest absolute Gasteiger partial charge is 0.260 e. The number of nitrogens with zero attached hydrogens (tertiary/aromatic N) is 2. The van der Waals surface area contributed by atoms with Crippen LogP contribution < -0.4 is 10.1 Å². The van der Waals surface area contributed by atoms with Gasteiger partial charge in [-0.25, -0.2) is 4.98 Å². The zero-order chi connectivity index (χ0) is 20.8. The van der Waals surface area contributed by atoms with Crippen molar-refractivity contribution in [2.24, 2.45) is 0 Å². The zero-order valence-electron chi connectivity index (χ0n) is 16.8. The Balaban J connectivity index is 1.33. The van der Waals surface area contributed by atoms with Gasteiger partial charge in [0.2, 0.25) is 0 Å². The highest BCUT2D eigenvalue weighted by Gasteiger charge is 2.14. The molecule has 30 heavy (non-hydrogen) atoms. The van der Waals surface area contributed by atoms with Gasteiger partial charge in [0.25, 0.3) is 5.91 Å². The van der Waals surface area contributed by atoms with Crippen LogP contribution in [0.1, 0.15) is 12.5 Å². The SMILES string of the molecule is C[C@@H](Oc1ccc(-c2cnc3ccccc3n2)cc1)C(=O)NCCc1ccccc1. The number of hydrogen-bond donors (Lipinski definition) is 1. The van der Waals surface area contributed by atoms with Crippen molar-refractivity contribution < 1.29 is 9.53 Å². The van der Waals surface area contributed by atoms with E-state index in [1.54, 1.807) is 13.1 Å². The third kappa shape index (κ3) is 4.81. The number of benzene rings is 3. The minimum atomic E-state index is -0.577. The molecule has 0 bridgehead atoms. The summed E-state index contributed by atoms with van der Waals surface area (Å²) < 4.78 is 5.79. The van der Waals surface area contributed by atoms with Gasteiger partial charge in [-0.05, 0) is 55.3 Å². The van der Waals surface area contributed by atoms with Crippen LogP contribution in [0.4, 0.5) is 0 Å². The second-order valence-corrected chi connectivity index (χ2v) is 7.06. The van der Waals surface area contributed by atoms with Crippen LogP contribution in [0, 0.1) is 0 Å². The van der Waals surface area contributed by atoms with Gasteiger partial charge in [-0.1, -0.05) is 42.5 Å². The van der Waals surface area contributed by atoms with Crippen molar-refractivity contribution in [3.8, 4) is 17.0 Å². The van der Waals surface area contributed by atoms with Crippen LogP contribution in [-0.4, -0.2) is 28.5 Å². The molecule has 0 spiro atoms. The molecule has 3 aromatic carbocycles. The number of rotatable bonds is 7. The van der Waals surface area contributed by atoms with E-state index in [0.29, 0.717) is 12.3 Å². The van der Waals surface area contributed by atoms with Gasteiger partial charge < -0.3 is 10.1 Å². The van der Waals surface area contributed by atoms with Crippen molar-refractivity contribution >= 4 is 16.9 Å². The maximum Gasteiger partial charge on any atom is 0.260 e. The molecule has 1 aromatic heterocycles. The van der Waals surface area contributed by atoms with Crippen LogP contribution in [-0.2, 0) is 11.2 Å². The van der Waals surface area contributed by atoms with Gasteiger partial charge >= 0.3 is 0 Å². The molecule has 1 N–H and O–H groups in total. The molecule has 0 radical (unpaired) electrons. The molecule has 5 heteroatoms. The Kier molecular flexibility index (Phi) is 5.99. The van der Waals surface area contributed by atoms with Crippen molar-refractivity contribution in [1.82, 2.24) is 15.3 Å². The van der Waals surface area contributed by atoms with Crippen LogP contribution in [0.3, 0.4) is 0 Å². The first-order valence-electron chi connectivity index (χ1n) is 9.99. The second-order valence-electron chi connectivity index (χ2n) is 7.06. The average molecular weight is 397 g/mol. The van der Waals surface area contributed by atoms with Crippen LogP contribution in [0.15, 0.2) is 85.1 Å². The summed E-state index contributed by atoms with van der Waals surface area (Å²) in [7, 11) is 0. The van der Waals surface area contributed by atoms with E-state index in [1.165, 1.54) is 5.56 Å². The number of amides is 1. The average Bonchev–Trinajstić information content (AvgIpc) is 2.80. The minimum absolute atomic E-state index is 0.129. The molecule has 4 aromatic rings. The Morgan fingerprint density at radius 2 is 1.63 bits per heavy atom. The third-order valence-corrected chi connectivity index (χ3v) is 4.84. The monoisotopic (exact) mass is 397 g/mol. The van der Waals surface area contributed by atoms with E-state index in [-0.39, 0.29) is 5.91 Å². The van der Waals surface area contributed by atoms with E-state index in [9.17, 15) is 4.79 Å². The summed E-state index contributed by atoms with van der Waals surface area (Å²) in [5.74, 6) is 0.508. The highest BCUT2D eigenvalue weighted by Crippen LogP contribution is 2.22. The molecular weight excluding hydrogens is 374 g/mol. The van der Waals surface area contributed by atoms with Crippen molar-refractivity contribution in [2.75, 3.05) is 6.54 Å². The van der Waals surface area contributed by atoms with Gasteiger partial charge in [-0.3, -0.25) is 9.78 Å². The number of fused-ring (bicyclic) bond motifs is 1. The van der Waals surface area contributed by atoms with E-state index >= 15 is 0 Å². The molecule has 0 aliphatic carbocycles. The molecule has 0 saturated carbocycles. The van der Waals surface area contributed by atoms with Gasteiger partial charge in [0.05, 0.1) is 22.9 Å². The Bertz CT molecular complexity index is 1130. The summed E-state index contributed by atoms with van der Waals surface area (Å²) in [6, 6.07) is 25.4. The van der Waals surface area contributed by atoms with E-state index in [1.807, 2.05) is 78.9 Å². The summed E-state index contributed by atoms with van der Waals surface area (Å²) in [6.45, 7) is 2.33. The molecule has 0 fully saturated rings. The standard InChI is InChI=1S/C25H23N3O2/c1-18(25(29)26-16-15-19-7-3-2-4-8-19)30-21-13-11-20(12-14-21)24-17-27-22-9-5-6-10-23(22)28-24/h2-14,17-18H,15-16H2,1H3,(H,26,29)/t18-/m1/s1. The van der Waals surface area contributed by atoms with Gasteiger partial charge in [0.1, 0.15) is 5.75 Å². The summed E-state index contributed by atoms with van der Waals surface area (Å²) in [5.41, 5.74) is 4.66. The van der Waals surface area contributed by atoms with E-state index in [0.717, 1.165) is 28.7 Å². The van der Waals surface area contributed by atoms with Crippen LogP contribution in [0.25, 0.3) is 22.3 Å². The lowest BCUT2D eigenvalue weighted by molar-refractivity contribution is -0.127. The summed E-state index contributed by atoms with van der Waals surface area (Å²) in [4.78, 5) is 21.4. The molecular formula is C25H23N3O2. The van der Waals surface area contributed by atoms with Crippen LogP contribution in [0.2, 0.25) is 0 Å². The first kappa shape index (κ1) is 19.6. The van der Waals surface area contributed by atoms with Crippen molar-refractivity contribution in [3.63, 3.8) is 0 Å². The number of para-hydroxylation sites is 2. The van der Waals surface area contributed by atoms with E-state index < -0.39 is 6.10 Å². The molecule has 0 saturated heterocycles. The summed E-state index contributed by atoms with van der Waals surface area (Å²) in [5, 5.41) is 2.92. The van der Waals surface area contributed by atoms with Crippen molar-refractivity contribution in [3.05, 3.63) is 90.6 Å². The topological polar surface area (TPSA) is 64.1 Å². The molecule has 1 atom stereocenters. The van der Waals surface area contributed by atoms with Crippen LogP contribution in [0.5, 0.6) is 5.75 Å². The quantitative estimate of drug-likeness (QED) is 0.501. The molecule has 0 unspecified atom stereocenters. The zero-order valence-corrected chi connectivity index (χ0v) is 16.8. The summed E-state index contributed by atoms with van der Waals surface area (Å²) in [6.07, 6.45) is 1.98. The fraction of sp³-hybridized carbons (Fsp3) is 0.160. The highest BCUT2D eigenvalue weighted by molar-refractivity contribution is 5.80. The lowest BCUT2D eigenvalue weighted by Crippen LogP contribution is -2.37. The van der Waals surface area contributed by atoms with Gasteiger partial charge in [-0.15, -0.1) is 0 Å². The summed E-state index contributed by atoms with van der Waals surface area (Å²) >= 11 is 0. The van der Waals surface area contributed by atoms with Gasteiger partial charge in [0, 0.05) is 12.1 Å². The maximum absolute atomic E-state index is 12.3. The normalized spacial score (nSPS) is 11.8. The predicted octanol–water partition coefficient (Wildman–Crippen LogP) is 4.42. The Labute approximate surface area is 175 Å². The molecule has 1 amide bonds. The van der Waals surface area contributed by atoms with E-state index in [2.05, 4.69) is 15.3 Å². The van der Waals surface area contributed by atoms with Crippen molar-refractivity contribution in [1.29, 1.82) is 0 Å². The number of carbonyl (C=O) groups is 1. The number of nitrogens with one attached hydrogen (secondary N) is 1. The van der Waals surface area contributed by atoms with E-state index in [4.69, 9.17) is 4.74 Å². The Morgan fingerprint density at radius 3 is 2.40 bits per heavy atom. The number of ether oxygens (including phenoxy) is 1. The Morgan fingerprint density at radius 1 is 0.933 bits per heavy atom. The largest absolute Gasteiger partial charge is 0.481 e. The first-order chi connectivity index (χ1) is 14.7. The number of aromatic nitrogens is 2. The fourth-order valence-electron chi connectivity index (χ4n) is 3.18. The minimum Gasteiger partial charge on any atom is -0.481 e. The molecule has 0 aliphatic heterocycles. The molecule has 0 aliphatic rings. The van der Waals surface area contributed by atoms with Crippen LogP contribution >= 0.6 is 0 Å². The molecule has 4 rings (SSSR count). The lowest BCUT2D eigenvalue weighted by atomic mass is 10.1. The Hall–Kier alpha value is -3.73. The first-order valence-corrected chi connectivity index (χ1v) is 9.99. The number of hydrogen-bond acceptors (Lipinski definition) is 4. The maximum atomic E-state index is 12.3. The molecule has 5 nitrogen and oxygen atoms in total.